The molecule has 3 heterocycles. The van der Waals surface area contributed by atoms with Gasteiger partial charge in [-0.2, -0.15) is 0 Å². The van der Waals surface area contributed by atoms with E-state index in [1.54, 1.807) is 28.9 Å². The van der Waals surface area contributed by atoms with E-state index in [0.717, 1.165) is 16.6 Å². The zero-order valence-electron chi connectivity index (χ0n) is 17.3. The maximum atomic E-state index is 7.53. The SMILES string of the molecule is N=Cc1cc(Nc2nn(-c3cccc(N=C(N)c4ccon4)n3)c3ccccc23)ccc1N. The summed E-state index contributed by atoms with van der Waals surface area (Å²) in [5, 5.41) is 20.3. The molecule has 162 valence electrons. The molecule has 0 bridgehead atoms. The van der Waals surface area contributed by atoms with Crippen molar-refractivity contribution in [3.8, 4) is 5.82 Å². The van der Waals surface area contributed by atoms with Gasteiger partial charge in [0.2, 0.25) is 0 Å². The highest BCUT2D eigenvalue weighted by molar-refractivity contribution is 5.97. The monoisotopic (exact) mass is 437 g/mol. The van der Waals surface area contributed by atoms with E-state index < -0.39 is 0 Å². The first-order valence-electron chi connectivity index (χ1n) is 9.99. The van der Waals surface area contributed by atoms with E-state index in [0.29, 0.717) is 34.4 Å². The van der Waals surface area contributed by atoms with Crippen molar-refractivity contribution < 1.29 is 4.52 Å². The summed E-state index contributed by atoms with van der Waals surface area (Å²) >= 11 is 0. The number of para-hydroxylation sites is 1. The summed E-state index contributed by atoms with van der Waals surface area (Å²) in [5.41, 5.74) is 15.1. The molecular formula is C23H19N9O. The average Bonchev–Trinajstić information content (AvgIpc) is 3.50. The lowest BCUT2D eigenvalue weighted by atomic mass is 10.1. The fourth-order valence-electron chi connectivity index (χ4n) is 3.37. The largest absolute Gasteiger partial charge is 0.398 e. The number of amidine groups is 1. The molecule has 0 aliphatic heterocycles. The first-order valence-corrected chi connectivity index (χ1v) is 9.99. The van der Waals surface area contributed by atoms with Crippen molar-refractivity contribution in [1.29, 1.82) is 5.41 Å². The number of nitrogens with two attached hydrogens (primary N) is 2. The normalized spacial score (nSPS) is 11.6. The molecule has 2 aromatic carbocycles. The molecule has 0 atom stereocenters. The summed E-state index contributed by atoms with van der Waals surface area (Å²) in [6, 6.07) is 20.3. The summed E-state index contributed by atoms with van der Waals surface area (Å²) < 4.78 is 6.55. The Bertz CT molecular complexity index is 1490. The Hall–Kier alpha value is -4.99. The molecule has 0 aliphatic carbocycles. The minimum atomic E-state index is 0.200. The van der Waals surface area contributed by atoms with Gasteiger partial charge in [-0.1, -0.05) is 23.4 Å². The van der Waals surface area contributed by atoms with Crippen molar-refractivity contribution in [3.05, 3.63) is 84.3 Å². The summed E-state index contributed by atoms with van der Waals surface area (Å²) in [6.45, 7) is 0. The van der Waals surface area contributed by atoms with Crippen LogP contribution in [0, 0.1) is 5.41 Å². The highest BCUT2D eigenvalue weighted by atomic mass is 16.5. The number of fused-ring (bicyclic) bond motifs is 1. The smallest absolute Gasteiger partial charge is 0.160 e. The van der Waals surface area contributed by atoms with Crippen molar-refractivity contribution in [3.63, 3.8) is 0 Å². The Kier molecular flexibility index (Phi) is 5.00. The third-order valence-corrected chi connectivity index (χ3v) is 4.96. The van der Waals surface area contributed by atoms with Gasteiger partial charge in [-0.25, -0.2) is 14.7 Å². The van der Waals surface area contributed by atoms with E-state index in [-0.39, 0.29) is 5.84 Å². The maximum absolute atomic E-state index is 7.53. The van der Waals surface area contributed by atoms with E-state index in [9.17, 15) is 0 Å². The van der Waals surface area contributed by atoms with Gasteiger partial charge >= 0.3 is 0 Å². The molecule has 5 rings (SSSR count). The van der Waals surface area contributed by atoms with Crippen molar-refractivity contribution in [1.82, 2.24) is 19.9 Å². The molecule has 0 fully saturated rings. The Morgan fingerprint density at radius 3 is 2.79 bits per heavy atom. The first kappa shape index (κ1) is 19.9. The number of pyridine rings is 1. The molecule has 10 heteroatoms. The van der Waals surface area contributed by atoms with Crippen LogP contribution in [0.15, 0.2) is 82.5 Å². The second kappa shape index (κ2) is 8.27. The summed E-state index contributed by atoms with van der Waals surface area (Å²) in [4.78, 5) is 8.94. The molecule has 33 heavy (non-hydrogen) atoms. The minimum Gasteiger partial charge on any atom is -0.398 e. The third kappa shape index (κ3) is 3.88. The van der Waals surface area contributed by atoms with Crippen LogP contribution in [-0.2, 0) is 0 Å². The Morgan fingerprint density at radius 2 is 1.97 bits per heavy atom. The Morgan fingerprint density at radius 1 is 1.09 bits per heavy atom. The fourth-order valence-corrected chi connectivity index (χ4v) is 3.37. The quantitative estimate of drug-likeness (QED) is 0.179. The molecule has 0 aliphatic rings. The molecule has 0 unspecified atom stereocenters. The lowest BCUT2D eigenvalue weighted by molar-refractivity contribution is 0.418. The molecular weight excluding hydrogens is 418 g/mol. The Balaban J connectivity index is 1.55. The summed E-state index contributed by atoms with van der Waals surface area (Å²) in [6.07, 6.45) is 2.65. The first-order chi connectivity index (χ1) is 16.1. The van der Waals surface area contributed by atoms with Crippen molar-refractivity contribution in [2.75, 3.05) is 11.1 Å². The van der Waals surface area contributed by atoms with Gasteiger partial charge in [0.1, 0.15) is 12.0 Å². The van der Waals surface area contributed by atoms with Crippen molar-refractivity contribution >= 4 is 46.0 Å². The molecule has 5 aromatic rings. The van der Waals surface area contributed by atoms with Gasteiger partial charge in [-0.3, -0.25) is 0 Å². The van der Waals surface area contributed by atoms with E-state index in [4.69, 9.17) is 26.5 Å². The number of nitrogens with one attached hydrogen (secondary N) is 2. The highest BCUT2D eigenvalue weighted by Crippen LogP contribution is 2.29. The lowest BCUT2D eigenvalue weighted by Gasteiger charge is -2.06. The number of hydrogen-bond acceptors (Lipinski definition) is 8. The van der Waals surface area contributed by atoms with Crippen LogP contribution in [0.1, 0.15) is 11.3 Å². The molecule has 0 spiro atoms. The van der Waals surface area contributed by atoms with Crippen LogP contribution in [-0.4, -0.2) is 32.0 Å². The molecule has 3 aromatic heterocycles. The third-order valence-electron chi connectivity index (χ3n) is 4.96. The molecule has 10 nitrogen and oxygen atoms in total. The average molecular weight is 437 g/mol. The van der Waals surface area contributed by atoms with Crippen LogP contribution in [0.5, 0.6) is 0 Å². The van der Waals surface area contributed by atoms with E-state index in [1.165, 1.54) is 12.5 Å². The van der Waals surface area contributed by atoms with Crippen molar-refractivity contribution in [2.45, 2.75) is 0 Å². The number of anilines is 3. The van der Waals surface area contributed by atoms with Crippen molar-refractivity contribution in [2.24, 2.45) is 10.7 Å². The predicted octanol–water partition coefficient (Wildman–Crippen LogP) is 3.77. The molecule has 6 N–H and O–H groups in total. The standard InChI is InChI=1S/C23H19N9O/c24-13-14-12-15(8-9-17(14)25)27-23-16-4-1-2-5-19(16)32(30-23)21-7-3-6-20(28-21)29-22(26)18-10-11-33-31-18/h1-13,24H,25H2,(H,27,30)(H2,26,28,29). The maximum Gasteiger partial charge on any atom is 0.160 e. The van der Waals surface area contributed by atoms with Gasteiger partial charge in [0.05, 0.1) is 5.52 Å². The van der Waals surface area contributed by atoms with Crippen LogP contribution in [0.2, 0.25) is 0 Å². The van der Waals surface area contributed by atoms with Crippen LogP contribution in [0.3, 0.4) is 0 Å². The number of aromatic nitrogens is 4. The van der Waals surface area contributed by atoms with Crippen LogP contribution in [0.4, 0.5) is 23.0 Å². The predicted molar refractivity (Wildman–Crippen MR) is 128 cm³/mol. The van der Waals surface area contributed by atoms with E-state index in [2.05, 4.69) is 20.4 Å². The molecule has 0 amide bonds. The van der Waals surface area contributed by atoms with Gasteiger partial charge in [0.15, 0.2) is 23.3 Å². The number of benzene rings is 2. The molecule has 0 saturated carbocycles. The summed E-state index contributed by atoms with van der Waals surface area (Å²) in [7, 11) is 0. The van der Waals surface area contributed by atoms with Gasteiger partial charge in [0.25, 0.3) is 0 Å². The van der Waals surface area contributed by atoms with E-state index in [1.807, 2.05) is 42.5 Å². The van der Waals surface area contributed by atoms with E-state index >= 15 is 0 Å². The Labute approximate surface area is 188 Å². The summed E-state index contributed by atoms with van der Waals surface area (Å²) in [5.74, 6) is 1.83. The van der Waals surface area contributed by atoms with Crippen LogP contribution in [0.25, 0.3) is 16.7 Å². The number of nitrogen functional groups attached to an aromatic ring is 1. The second-order valence-electron chi connectivity index (χ2n) is 7.13. The van der Waals surface area contributed by atoms with Crippen LogP contribution < -0.4 is 16.8 Å². The zero-order chi connectivity index (χ0) is 22.8. The fraction of sp³-hybridized carbons (Fsp3) is 0. The number of hydrogen-bond donors (Lipinski definition) is 4. The minimum absolute atomic E-state index is 0.200. The number of aliphatic imine (C=N–C) groups is 1. The van der Waals surface area contributed by atoms with Gasteiger partial charge in [0, 0.05) is 34.6 Å². The number of rotatable bonds is 6. The molecule has 0 radical (unpaired) electrons. The van der Waals surface area contributed by atoms with Gasteiger partial charge in [-0.15, -0.1) is 5.10 Å². The highest BCUT2D eigenvalue weighted by Gasteiger charge is 2.14. The zero-order valence-corrected chi connectivity index (χ0v) is 17.3. The number of nitrogens with zero attached hydrogens (tertiary/aromatic N) is 5. The van der Waals surface area contributed by atoms with Gasteiger partial charge < -0.3 is 26.7 Å². The van der Waals surface area contributed by atoms with Gasteiger partial charge in [-0.05, 0) is 42.5 Å². The second-order valence-corrected chi connectivity index (χ2v) is 7.13. The van der Waals surface area contributed by atoms with Crippen LogP contribution >= 0.6 is 0 Å². The lowest BCUT2D eigenvalue weighted by Crippen LogP contribution is -2.13. The topological polar surface area (TPSA) is 157 Å². The molecule has 0 saturated heterocycles.